The van der Waals surface area contributed by atoms with E-state index in [2.05, 4.69) is 15.8 Å². The van der Waals surface area contributed by atoms with E-state index in [-0.39, 0.29) is 12.8 Å². The van der Waals surface area contributed by atoms with Crippen LogP contribution >= 0.6 is 0 Å². The molecule has 7 heteroatoms. The maximum absolute atomic E-state index is 11.7. The Balaban J connectivity index is 1.47. The van der Waals surface area contributed by atoms with E-state index in [9.17, 15) is 4.79 Å². The van der Waals surface area contributed by atoms with E-state index in [4.69, 9.17) is 14.0 Å². The molecule has 2 amide bonds. The molecular formula is C14H15N3O4. The number of rotatable bonds is 4. The highest BCUT2D eigenvalue weighted by atomic mass is 16.7. The summed E-state index contributed by atoms with van der Waals surface area (Å²) >= 11 is 0. The van der Waals surface area contributed by atoms with E-state index in [0.717, 1.165) is 17.0 Å². The van der Waals surface area contributed by atoms with Gasteiger partial charge in [-0.05, 0) is 24.6 Å². The van der Waals surface area contributed by atoms with Crippen molar-refractivity contribution < 1.29 is 18.8 Å². The number of nitrogens with one attached hydrogen (secondary N) is 2. The van der Waals surface area contributed by atoms with E-state index in [1.807, 2.05) is 25.1 Å². The van der Waals surface area contributed by atoms with Crippen molar-refractivity contribution in [1.82, 2.24) is 15.8 Å². The molecule has 0 saturated heterocycles. The van der Waals surface area contributed by atoms with Crippen LogP contribution in [0.4, 0.5) is 4.79 Å². The number of fused-ring (bicyclic) bond motifs is 1. The van der Waals surface area contributed by atoms with E-state index in [1.54, 1.807) is 6.07 Å². The van der Waals surface area contributed by atoms with Crippen molar-refractivity contribution in [3.05, 3.63) is 41.3 Å². The van der Waals surface area contributed by atoms with Gasteiger partial charge in [0.25, 0.3) is 0 Å². The predicted molar refractivity (Wildman–Crippen MR) is 72.9 cm³/mol. The van der Waals surface area contributed by atoms with Crippen LogP contribution in [0, 0.1) is 6.92 Å². The SMILES string of the molecule is Cc1cc(CNC(=O)NCc2ccc3c(c2)OCO3)on1. The average Bonchev–Trinajstić information content (AvgIpc) is 3.10. The lowest BCUT2D eigenvalue weighted by atomic mass is 10.2. The lowest BCUT2D eigenvalue weighted by Gasteiger charge is -2.07. The molecule has 0 saturated carbocycles. The monoisotopic (exact) mass is 289 g/mol. The Morgan fingerprint density at radius 3 is 2.81 bits per heavy atom. The summed E-state index contributed by atoms with van der Waals surface area (Å²) in [4.78, 5) is 11.7. The van der Waals surface area contributed by atoms with E-state index in [0.29, 0.717) is 24.6 Å². The maximum atomic E-state index is 11.7. The van der Waals surface area contributed by atoms with Crippen molar-refractivity contribution in [3.63, 3.8) is 0 Å². The number of carbonyl (C=O) groups excluding carboxylic acids is 1. The molecule has 2 aromatic rings. The Hall–Kier alpha value is -2.70. The molecule has 1 aliphatic rings. The second-order valence-corrected chi connectivity index (χ2v) is 4.66. The molecule has 0 bridgehead atoms. The first-order valence-corrected chi connectivity index (χ1v) is 6.53. The molecule has 1 aliphatic heterocycles. The molecule has 2 heterocycles. The smallest absolute Gasteiger partial charge is 0.315 e. The summed E-state index contributed by atoms with van der Waals surface area (Å²) < 4.78 is 15.5. The standard InChI is InChI=1S/C14H15N3O4/c1-9-4-11(21-17-9)7-16-14(18)15-6-10-2-3-12-13(5-10)20-8-19-12/h2-5H,6-8H2,1H3,(H2,15,16,18). The zero-order valence-electron chi connectivity index (χ0n) is 11.5. The third-order valence-electron chi connectivity index (χ3n) is 2.99. The van der Waals surface area contributed by atoms with E-state index in [1.165, 1.54) is 0 Å². The molecule has 1 aromatic heterocycles. The van der Waals surface area contributed by atoms with Crippen molar-refractivity contribution in [2.45, 2.75) is 20.0 Å². The van der Waals surface area contributed by atoms with Gasteiger partial charge in [-0.1, -0.05) is 11.2 Å². The lowest BCUT2D eigenvalue weighted by Crippen LogP contribution is -2.34. The fraction of sp³-hybridized carbons (Fsp3) is 0.286. The molecule has 0 fully saturated rings. The molecular weight excluding hydrogens is 274 g/mol. The van der Waals surface area contributed by atoms with Gasteiger partial charge in [-0.25, -0.2) is 4.79 Å². The van der Waals surface area contributed by atoms with Crippen molar-refractivity contribution in [2.75, 3.05) is 6.79 Å². The molecule has 3 rings (SSSR count). The van der Waals surface area contributed by atoms with Gasteiger partial charge >= 0.3 is 6.03 Å². The van der Waals surface area contributed by atoms with Crippen LogP contribution in [0.15, 0.2) is 28.8 Å². The van der Waals surface area contributed by atoms with Crippen molar-refractivity contribution in [1.29, 1.82) is 0 Å². The summed E-state index contributed by atoms with van der Waals surface area (Å²) in [5.74, 6) is 2.04. The molecule has 110 valence electrons. The number of benzene rings is 1. The number of nitrogens with zero attached hydrogens (tertiary/aromatic N) is 1. The second-order valence-electron chi connectivity index (χ2n) is 4.66. The number of amides is 2. The van der Waals surface area contributed by atoms with E-state index >= 15 is 0 Å². The maximum Gasteiger partial charge on any atom is 0.315 e. The highest BCUT2D eigenvalue weighted by Gasteiger charge is 2.13. The molecule has 0 unspecified atom stereocenters. The fourth-order valence-corrected chi connectivity index (χ4v) is 1.96. The first kappa shape index (κ1) is 13.3. The van der Waals surface area contributed by atoms with Crippen LogP contribution in [0.3, 0.4) is 0 Å². The van der Waals surface area contributed by atoms with Gasteiger partial charge in [0, 0.05) is 12.6 Å². The fourth-order valence-electron chi connectivity index (χ4n) is 1.96. The van der Waals surface area contributed by atoms with Crippen LogP contribution in [0.25, 0.3) is 0 Å². The number of urea groups is 1. The number of hydrogen-bond donors (Lipinski definition) is 2. The number of carbonyl (C=O) groups is 1. The minimum absolute atomic E-state index is 0.239. The van der Waals surface area contributed by atoms with Crippen LogP contribution in [-0.2, 0) is 13.1 Å². The van der Waals surface area contributed by atoms with Crippen molar-refractivity contribution in [2.24, 2.45) is 0 Å². The molecule has 7 nitrogen and oxygen atoms in total. The molecule has 0 spiro atoms. The molecule has 21 heavy (non-hydrogen) atoms. The second kappa shape index (κ2) is 5.74. The number of aromatic nitrogens is 1. The summed E-state index contributed by atoms with van der Waals surface area (Å²) in [5, 5.41) is 9.20. The van der Waals surface area contributed by atoms with Crippen LogP contribution in [0.2, 0.25) is 0 Å². The van der Waals surface area contributed by atoms with Gasteiger partial charge in [0.1, 0.15) is 0 Å². The Morgan fingerprint density at radius 1 is 1.19 bits per heavy atom. The minimum Gasteiger partial charge on any atom is -0.454 e. The van der Waals surface area contributed by atoms with Crippen LogP contribution in [-0.4, -0.2) is 18.0 Å². The Bertz CT molecular complexity index is 653. The number of hydrogen-bond acceptors (Lipinski definition) is 5. The Morgan fingerprint density at radius 2 is 2.00 bits per heavy atom. The topological polar surface area (TPSA) is 85.6 Å². The molecule has 0 atom stereocenters. The third kappa shape index (κ3) is 3.25. The average molecular weight is 289 g/mol. The predicted octanol–water partition coefficient (Wildman–Crippen LogP) is 1.71. The van der Waals surface area contributed by atoms with Gasteiger partial charge in [0.05, 0.1) is 12.2 Å². The summed E-state index contributed by atoms with van der Waals surface area (Å²) in [5.41, 5.74) is 1.72. The Labute approximate surface area is 121 Å². The third-order valence-corrected chi connectivity index (χ3v) is 2.99. The lowest BCUT2D eigenvalue weighted by molar-refractivity contribution is 0.174. The normalized spacial score (nSPS) is 12.2. The first-order valence-electron chi connectivity index (χ1n) is 6.53. The van der Waals surface area contributed by atoms with Crippen LogP contribution < -0.4 is 20.1 Å². The zero-order valence-corrected chi connectivity index (χ0v) is 11.5. The van der Waals surface area contributed by atoms with Gasteiger partial charge < -0.3 is 24.6 Å². The molecule has 2 N–H and O–H groups in total. The summed E-state index contributed by atoms with van der Waals surface area (Å²) in [7, 11) is 0. The minimum atomic E-state index is -0.276. The molecule has 0 radical (unpaired) electrons. The van der Waals surface area contributed by atoms with Gasteiger partial charge in [0.15, 0.2) is 17.3 Å². The van der Waals surface area contributed by atoms with Gasteiger partial charge in [-0.2, -0.15) is 0 Å². The first-order chi connectivity index (χ1) is 10.2. The van der Waals surface area contributed by atoms with Gasteiger partial charge in [-0.3, -0.25) is 0 Å². The Kier molecular flexibility index (Phi) is 3.63. The van der Waals surface area contributed by atoms with Crippen LogP contribution in [0.1, 0.15) is 17.0 Å². The van der Waals surface area contributed by atoms with Crippen molar-refractivity contribution in [3.8, 4) is 11.5 Å². The number of aryl methyl sites for hydroxylation is 1. The summed E-state index contributed by atoms with van der Waals surface area (Å²) in [6.45, 7) is 2.77. The molecule has 1 aromatic carbocycles. The van der Waals surface area contributed by atoms with Crippen molar-refractivity contribution >= 4 is 6.03 Å². The summed E-state index contributed by atoms with van der Waals surface area (Å²) in [6, 6.07) is 7.06. The zero-order chi connectivity index (χ0) is 14.7. The van der Waals surface area contributed by atoms with Crippen LogP contribution in [0.5, 0.6) is 11.5 Å². The largest absolute Gasteiger partial charge is 0.454 e. The molecule has 0 aliphatic carbocycles. The summed E-state index contributed by atoms with van der Waals surface area (Å²) in [6.07, 6.45) is 0. The number of ether oxygens (including phenoxy) is 2. The van der Waals surface area contributed by atoms with Gasteiger partial charge in [-0.15, -0.1) is 0 Å². The van der Waals surface area contributed by atoms with E-state index < -0.39 is 0 Å². The highest BCUT2D eigenvalue weighted by Crippen LogP contribution is 2.32. The highest BCUT2D eigenvalue weighted by molar-refractivity contribution is 5.73. The quantitative estimate of drug-likeness (QED) is 0.895. The van der Waals surface area contributed by atoms with Gasteiger partial charge in [0.2, 0.25) is 6.79 Å².